The maximum absolute atomic E-state index is 11.4. The molecule has 0 bridgehead atoms. The van der Waals surface area contributed by atoms with E-state index in [0.717, 1.165) is 0 Å². The smallest absolute Gasteiger partial charge is 0.312 e. The summed E-state index contributed by atoms with van der Waals surface area (Å²) in [6.45, 7) is 3.11. The number of rotatable bonds is 4. The van der Waals surface area contributed by atoms with Crippen LogP contribution in [0, 0.1) is 5.41 Å². The van der Waals surface area contributed by atoms with Crippen LogP contribution in [0.15, 0.2) is 22.6 Å². The molecule has 0 saturated carbocycles. The average Bonchev–Trinajstić information content (AvgIpc) is 2.35. The number of anilines is 1. The van der Waals surface area contributed by atoms with Crippen LogP contribution in [0.25, 0.3) is 0 Å². The van der Waals surface area contributed by atoms with Gasteiger partial charge in [0.1, 0.15) is 12.4 Å². The van der Waals surface area contributed by atoms with Crippen molar-refractivity contribution in [2.24, 2.45) is 15.5 Å². The zero-order valence-electron chi connectivity index (χ0n) is 11.0. The number of nitrogens with zero attached hydrogens (tertiary/aromatic N) is 1. The van der Waals surface area contributed by atoms with Gasteiger partial charge in [-0.3, -0.25) is 4.79 Å². The van der Waals surface area contributed by atoms with Gasteiger partial charge in [-0.05, 0) is 30.4 Å². The molecule has 0 amide bonds. The highest BCUT2D eigenvalue weighted by Crippen LogP contribution is 2.31. The predicted molar refractivity (Wildman–Crippen MR) is 75.8 cm³/mol. The molecule has 0 aromatic heterocycles. The Bertz CT molecular complexity index is 574. The van der Waals surface area contributed by atoms with Gasteiger partial charge in [-0.15, -0.1) is 0 Å². The van der Waals surface area contributed by atoms with Gasteiger partial charge in [-0.25, -0.2) is 0 Å². The van der Waals surface area contributed by atoms with Gasteiger partial charge in [-0.1, -0.05) is 6.07 Å². The van der Waals surface area contributed by atoms with E-state index >= 15 is 0 Å². The van der Waals surface area contributed by atoms with Crippen molar-refractivity contribution in [1.82, 2.24) is 0 Å². The Balaban J connectivity index is 2.26. The molecule has 0 aliphatic carbocycles. The van der Waals surface area contributed by atoms with E-state index in [1.54, 1.807) is 32.0 Å². The Kier molecular flexibility index (Phi) is 3.78. The number of amidine groups is 1. The molecule has 0 spiro atoms. The molecule has 0 saturated heterocycles. The lowest BCUT2D eigenvalue weighted by Gasteiger charge is -2.22. The largest absolute Gasteiger partial charge is 0.566 e. The monoisotopic (exact) mass is 297 g/mol. The van der Waals surface area contributed by atoms with Crippen molar-refractivity contribution < 1.29 is 19.2 Å². The Morgan fingerprint density at radius 2 is 2.30 bits per heavy atom. The van der Waals surface area contributed by atoms with Crippen molar-refractivity contribution in [3.05, 3.63) is 23.8 Å². The first kappa shape index (κ1) is 14.5. The molecule has 0 radical (unpaired) electrons. The standard InChI is InChI=1S/C12H15N3O4S/c1-12(2,11(16)17)6-19-8-5-3-4-7-9(8)10(13)15-20(18)14-7/h3-5,14H,6H2,1-2H3,(H2,13,15)(H,16,17). The van der Waals surface area contributed by atoms with E-state index in [-0.39, 0.29) is 12.4 Å². The van der Waals surface area contributed by atoms with Gasteiger partial charge < -0.3 is 20.1 Å². The number of nitrogens with two attached hydrogens (primary N) is 1. The lowest BCUT2D eigenvalue weighted by Crippen LogP contribution is -2.32. The number of nitrogens with one attached hydrogen (secondary N) is 1. The fraction of sp³-hybridized carbons (Fsp3) is 0.333. The number of carboxylic acid groups (broad SMARTS) is 1. The van der Waals surface area contributed by atoms with Crippen molar-refractivity contribution in [3.63, 3.8) is 0 Å². The number of fused-ring (bicyclic) bond motifs is 1. The Labute approximate surface area is 119 Å². The number of carboxylic acids is 1. The first-order valence-corrected chi connectivity index (χ1v) is 6.94. The molecular formula is C12H15N3O4S. The van der Waals surface area contributed by atoms with Crippen molar-refractivity contribution in [3.8, 4) is 5.75 Å². The SMILES string of the molecule is CC(C)(COc1cccc2c1C(N)=N[S+]([O-])N2)C(=O)O. The normalized spacial score (nSPS) is 17.8. The maximum Gasteiger partial charge on any atom is 0.312 e. The summed E-state index contributed by atoms with van der Waals surface area (Å²) in [5, 5.41) is 9.06. The summed E-state index contributed by atoms with van der Waals surface area (Å²) >= 11 is -1.60. The van der Waals surface area contributed by atoms with Crippen LogP contribution in [-0.2, 0) is 16.3 Å². The van der Waals surface area contributed by atoms with Gasteiger partial charge in [0.25, 0.3) is 0 Å². The molecule has 8 heteroatoms. The highest BCUT2D eigenvalue weighted by molar-refractivity contribution is 7.91. The van der Waals surface area contributed by atoms with Gasteiger partial charge in [0, 0.05) is 0 Å². The third kappa shape index (κ3) is 2.81. The molecule has 20 heavy (non-hydrogen) atoms. The fourth-order valence-electron chi connectivity index (χ4n) is 1.57. The molecule has 1 aliphatic heterocycles. The summed E-state index contributed by atoms with van der Waals surface area (Å²) in [5.41, 5.74) is 5.77. The van der Waals surface area contributed by atoms with Crippen molar-refractivity contribution in [1.29, 1.82) is 0 Å². The third-order valence-electron chi connectivity index (χ3n) is 2.83. The van der Waals surface area contributed by atoms with Gasteiger partial charge in [-0.2, -0.15) is 4.72 Å². The van der Waals surface area contributed by atoms with Crippen LogP contribution in [0.1, 0.15) is 19.4 Å². The van der Waals surface area contributed by atoms with Crippen molar-refractivity contribution in [2.45, 2.75) is 13.8 Å². The average molecular weight is 297 g/mol. The number of ether oxygens (including phenoxy) is 1. The molecule has 1 aromatic carbocycles. The zero-order chi connectivity index (χ0) is 14.9. The summed E-state index contributed by atoms with van der Waals surface area (Å²) in [5.74, 6) is -0.453. The summed E-state index contributed by atoms with van der Waals surface area (Å²) in [6.07, 6.45) is 0. The highest BCUT2D eigenvalue weighted by atomic mass is 32.2. The van der Waals surface area contributed by atoms with Crippen molar-refractivity contribution >= 4 is 29.0 Å². The van der Waals surface area contributed by atoms with E-state index in [1.807, 2.05) is 0 Å². The predicted octanol–water partition coefficient (Wildman–Crippen LogP) is 0.886. The minimum absolute atomic E-state index is 0.0187. The quantitative estimate of drug-likeness (QED) is 0.710. The van der Waals surface area contributed by atoms with Gasteiger partial charge in [0.05, 0.1) is 16.7 Å². The minimum Gasteiger partial charge on any atom is -0.566 e. The van der Waals surface area contributed by atoms with E-state index in [4.69, 9.17) is 15.6 Å². The number of hydrogen-bond donors (Lipinski definition) is 3. The Hall–Kier alpha value is -1.93. The maximum atomic E-state index is 11.4. The molecule has 1 aromatic rings. The van der Waals surface area contributed by atoms with Crippen molar-refractivity contribution in [2.75, 3.05) is 11.3 Å². The number of aliphatic carboxylic acids is 1. The highest BCUT2D eigenvalue weighted by Gasteiger charge is 2.30. The molecule has 7 nitrogen and oxygen atoms in total. The van der Waals surface area contributed by atoms with Crippen LogP contribution in [0.3, 0.4) is 0 Å². The zero-order valence-corrected chi connectivity index (χ0v) is 11.9. The van der Waals surface area contributed by atoms with E-state index < -0.39 is 22.9 Å². The Morgan fingerprint density at radius 1 is 1.60 bits per heavy atom. The second kappa shape index (κ2) is 5.22. The van der Waals surface area contributed by atoms with E-state index in [9.17, 15) is 9.35 Å². The third-order valence-corrected chi connectivity index (χ3v) is 3.59. The van der Waals surface area contributed by atoms with Crippen LogP contribution in [0.2, 0.25) is 0 Å². The lowest BCUT2D eigenvalue weighted by molar-refractivity contribution is -0.148. The van der Waals surface area contributed by atoms with Gasteiger partial charge >= 0.3 is 5.97 Å². The summed E-state index contributed by atoms with van der Waals surface area (Å²) in [4.78, 5) is 11.1. The lowest BCUT2D eigenvalue weighted by atomic mass is 9.95. The number of hydrogen-bond acceptors (Lipinski definition) is 6. The van der Waals surface area contributed by atoms with E-state index in [2.05, 4.69) is 9.12 Å². The molecule has 108 valence electrons. The first-order chi connectivity index (χ1) is 9.31. The van der Waals surface area contributed by atoms with E-state index in [1.165, 1.54) is 0 Å². The molecule has 1 atom stereocenters. The summed E-state index contributed by atoms with van der Waals surface area (Å²) in [6, 6.07) is 5.06. The van der Waals surface area contributed by atoms with Gasteiger partial charge in [0.2, 0.25) is 11.5 Å². The summed E-state index contributed by atoms with van der Waals surface area (Å²) < 4.78 is 23.3. The molecule has 4 N–H and O–H groups in total. The fourth-order valence-corrected chi connectivity index (χ4v) is 2.25. The minimum atomic E-state index is -1.60. The molecule has 1 heterocycles. The first-order valence-electron chi connectivity index (χ1n) is 5.83. The van der Waals surface area contributed by atoms with Crippen LogP contribution in [0.5, 0.6) is 5.75 Å². The molecule has 2 rings (SSSR count). The van der Waals surface area contributed by atoms with E-state index in [0.29, 0.717) is 17.0 Å². The molecular weight excluding hydrogens is 282 g/mol. The van der Waals surface area contributed by atoms with Crippen LogP contribution in [-0.4, -0.2) is 28.1 Å². The van der Waals surface area contributed by atoms with Crippen LogP contribution < -0.4 is 15.2 Å². The number of benzene rings is 1. The van der Waals surface area contributed by atoms with Crippen LogP contribution >= 0.6 is 0 Å². The second-order valence-electron chi connectivity index (χ2n) is 4.98. The number of carbonyl (C=O) groups is 1. The Morgan fingerprint density at radius 3 is 2.95 bits per heavy atom. The molecule has 1 aliphatic rings. The molecule has 0 fully saturated rings. The second-order valence-corrected chi connectivity index (χ2v) is 5.87. The van der Waals surface area contributed by atoms with Crippen LogP contribution in [0.4, 0.5) is 5.69 Å². The topological polar surface area (TPSA) is 120 Å². The molecule has 1 unspecified atom stereocenters. The summed E-state index contributed by atoms with van der Waals surface area (Å²) in [7, 11) is 0. The van der Waals surface area contributed by atoms with Gasteiger partial charge in [0.15, 0.2) is 5.84 Å².